The van der Waals surface area contributed by atoms with Crippen molar-refractivity contribution >= 4 is 44.4 Å². The summed E-state index contributed by atoms with van der Waals surface area (Å²) in [6.07, 6.45) is 3.09. The minimum Gasteiger partial charge on any atom is -0.307 e. The number of nitrogens with zero attached hydrogens (tertiary/aromatic N) is 3. The van der Waals surface area contributed by atoms with Crippen molar-refractivity contribution in [1.82, 2.24) is 20.4 Å². The molecule has 0 aliphatic rings. The molecular weight excluding hydrogens is 324 g/mol. The Morgan fingerprint density at radius 1 is 1.15 bits per heavy atom. The molecule has 3 N–H and O–H groups in total. The van der Waals surface area contributed by atoms with E-state index in [1.165, 1.54) is 6.20 Å². The Hall–Kier alpha value is -2.48. The van der Waals surface area contributed by atoms with Crippen LogP contribution in [-0.2, 0) is 0 Å². The van der Waals surface area contributed by atoms with E-state index in [4.69, 9.17) is 0 Å². The Bertz CT molecular complexity index is 771. The molecular formula is C12H9BrN6O. The van der Waals surface area contributed by atoms with E-state index in [2.05, 4.69) is 47.0 Å². The van der Waals surface area contributed by atoms with Gasteiger partial charge < -0.3 is 10.6 Å². The molecule has 0 atom stereocenters. The number of hydrogen-bond acceptors (Lipinski definition) is 4. The molecule has 0 saturated carbocycles. The van der Waals surface area contributed by atoms with Crippen molar-refractivity contribution in [2.24, 2.45) is 0 Å². The number of aromatic nitrogens is 4. The number of carbonyl (C=O) groups is 1. The highest BCUT2D eigenvalue weighted by molar-refractivity contribution is 9.10. The Labute approximate surface area is 121 Å². The Kier molecular flexibility index (Phi) is 3.30. The molecule has 1 aromatic carbocycles. The standard InChI is InChI=1S/C12H9BrN6O/c13-7-3-1-2-4-8(7)15-12(20)16-9-5-14-6-10-11(9)18-19-17-10/h1-6H,(H2,15,16,20)(H,17,18,19). The normalized spacial score (nSPS) is 10.4. The largest absolute Gasteiger partial charge is 0.323 e. The topological polar surface area (TPSA) is 95.6 Å². The van der Waals surface area contributed by atoms with Gasteiger partial charge in [0.1, 0.15) is 11.0 Å². The van der Waals surface area contributed by atoms with Crippen LogP contribution < -0.4 is 10.6 Å². The maximum absolute atomic E-state index is 12.0. The molecule has 8 heteroatoms. The second kappa shape index (κ2) is 5.25. The lowest BCUT2D eigenvalue weighted by Crippen LogP contribution is -2.20. The van der Waals surface area contributed by atoms with Crippen molar-refractivity contribution in [3.8, 4) is 0 Å². The molecule has 3 aromatic rings. The molecule has 3 rings (SSSR count). The summed E-state index contributed by atoms with van der Waals surface area (Å²) in [5.41, 5.74) is 2.40. The van der Waals surface area contributed by atoms with Crippen molar-refractivity contribution in [3.63, 3.8) is 0 Å². The molecule has 0 saturated heterocycles. The van der Waals surface area contributed by atoms with Gasteiger partial charge in [0, 0.05) is 4.47 Å². The van der Waals surface area contributed by atoms with E-state index in [9.17, 15) is 4.79 Å². The molecule has 0 bridgehead atoms. The average Bonchev–Trinajstić information content (AvgIpc) is 2.91. The van der Waals surface area contributed by atoms with E-state index < -0.39 is 0 Å². The van der Waals surface area contributed by atoms with Crippen LogP contribution in [0.1, 0.15) is 0 Å². The maximum atomic E-state index is 12.0. The number of fused-ring (bicyclic) bond motifs is 1. The van der Waals surface area contributed by atoms with Crippen LogP contribution in [0, 0.1) is 0 Å². The fraction of sp³-hybridized carbons (Fsp3) is 0. The zero-order valence-corrected chi connectivity index (χ0v) is 11.7. The molecule has 0 unspecified atom stereocenters. The molecule has 0 aliphatic carbocycles. The van der Waals surface area contributed by atoms with Gasteiger partial charge in [-0.15, -0.1) is 5.10 Å². The lowest BCUT2D eigenvalue weighted by molar-refractivity contribution is 0.262. The lowest BCUT2D eigenvalue weighted by Gasteiger charge is -2.08. The summed E-state index contributed by atoms with van der Waals surface area (Å²) in [6.45, 7) is 0. The molecule has 0 aliphatic heterocycles. The zero-order chi connectivity index (χ0) is 13.9. The summed E-state index contributed by atoms with van der Waals surface area (Å²) >= 11 is 3.36. The Morgan fingerprint density at radius 2 is 1.95 bits per heavy atom. The molecule has 0 spiro atoms. The number of benzene rings is 1. The SMILES string of the molecule is O=C(Nc1ccccc1Br)Nc1cncc2nn[nH]c12. The summed E-state index contributed by atoms with van der Waals surface area (Å²) in [7, 11) is 0. The number of amides is 2. The van der Waals surface area contributed by atoms with E-state index in [1.54, 1.807) is 12.3 Å². The van der Waals surface area contributed by atoms with E-state index in [1.807, 2.05) is 18.2 Å². The fourth-order valence-corrected chi connectivity index (χ4v) is 2.09. The average molecular weight is 333 g/mol. The summed E-state index contributed by atoms with van der Waals surface area (Å²) in [6, 6.07) is 6.97. The number of urea groups is 1. The molecule has 7 nitrogen and oxygen atoms in total. The number of rotatable bonds is 2. The van der Waals surface area contributed by atoms with Gasteiger partial charge in [0.25, 0.3) is 0 Å². The van der Waals surface area contributed by atoms with Gasteiger partial charge in [0.05, 0.1) is 23.8 Å². The summed E-state index contributed by atoms with van der Waals surface area (Å²) in [4.78, 5) is 16.0. The third-order valence-corrected chi connectivity index (χ3v) is 3.31. The number of H-pyrrole nitrogens is 1. The highest BCUT2D eigenvalue weighted by Crippen LogP contribution is 2.22. The van der Waals surface area contributed by atoms with Gasteiger partial charge >= 0.3 is 6.03 Å². The van der Waals surface area contributed by atoms with Crippen LogP contribution in [0.2, 0.25) is 0 Å². The van der Waals surface area contributed by atoms with Gasteiger partial charge in [-0.3, -0.25) is 10.1 Å². The van der Waals surface area contributed by atoms with Gasteiger partial charge in [-0.25, -0.2) is 4.79 Å². The third kappa shape index (κ3) is 2.45. The highest BCUT2D eigenvalue weighted by atomic mass is 79.9. The van der Waals surface area contributed by atoms with E-state index in [-0.39, 0.29) is 6.03 Å². The molecule has 2 amide bonds. The van der Waals surface area contributed by atoms with Crippen LogP contribution in [0.5, 0.6) is 0 Å². The molecule has 20 heavy (non-hydrogen) atoms. The third-order valence-electron chi connectivity index (χ3n) is 2.62. The first-order chi connectivity index (χ1) is 9.74. The van der Waals surface area contributed by atoms with Crippen LogP contribution in [-0.4, -0.2) is 26.4 Å². The van der Waals surface area contributed by atoms with Gasteiger partial charge in [0.2, 0.25) is 0 Å². The number of para-hydroxylation sites is 1. The number of pyridine rings is 1. The highest BCUT2D eigenvalue weighted by Gasteiger charge is 2.09. The summed E-state index contributed by atoms with van der Waals surface area (Å²) < 4.78 is 0.801. The minimum absolute atomic E-state index is 0.374. The van der Waals surface area contributed by atoms with E-state index >= 15 is 0 Å². The Balaban J connectivity index is 1.80. The summed E-state index contributed by atoms with van der Waals surface area (Å²) in [5.74, 6) is 0. The second-order valence-electron chi connectivity index (χ2n) is 3.95. The number of anilines is 2. The number of aromatic amines is 1. The van der Waals surface area contributed by atoms with E-state index in [0.717, 1.165) is 4.47 Å². The van der Waals surface area contributed by atoms with Gasteiger partial charge in [-0.2, -0.15) is 0 Å². The number of carbonyl (C=O) groups excluding carboxylic acids is 1. The van der Waals surface area contributed by atoms with Crippen molar-refractivity contribution in [2.45, 2.75) is 0 Å². The number of halogens is 1. The van der Waals surface area contributed by atoms with Gasteiger partial charge in [-0.1, -0.05) is 17.3 Å². The number of hydrogen-bond donors (Lipinski definition) is 3. The summed E-state index contributed by atoms with van der Waals surface area (Å²) in [5, 5.41) is 15.7. The van der Waals surface area contributed by atoms with Gasteiger partial charge in [-0.05, 0) is 28.1 Å². The second-order valence-corrected chi connectivity index (χ2v) is 4.81. The van der Waals surface area contributed by atoms with Crippen LogP contribution in [0.25, 0.3) is 11.0 Å². The van der Waals surface area contributed by atoms with Crippen molar-refractivity contribution in [2.75, 3.05) is 10.6 Å². The quantitative estimate of drug-likeness (QED) is 0.672. The predicted molar refractivity (Wildman–Crippen MR) is 78.5 cm³/mol. The van der Waals surface area contributed by atoms with Crippen molar-refractivity contribution in [3.05, 3.63) is 41.1 Å². The molecule has 100 valence electrons. The van der Waals surface area contributed by atoms with Crippen molar-refractivity contribution in [1.29, 1.82) is 0 Å². The first kappa shape index (κ1) is 12.5. The monoisotopic (exact) mass is 332 g/mol. The minimum atomic E-state index is -0.374. The number of nitrogens with one attached hydrogen (secondary N) is 3. The van der Waals surface area contributed by atoms with Crippen LogP contribution in [0.15, 0.2) is 41.1 Å². The molecule has 2 aromatic heterocycles. The first-order valence-corrected chi connectivity index (χ1v) is 6.50. The predicted octanol–water partition coefficient (Wildman–Crippen LogP) is 2.76. The molecule has 2 heterocycles. The smallest absolute Gasteiger partial charge is 0.307 e. The van der Waals surface area contributed by atoms with E-state index in [0.29, 0.717) is 22.4 Å². The van der Waals surface area contributed by atoms with Crippen LogP contribution in [0.3, 0.4) is 0 Å². The Morgan fingerprint density at radius 3 is 2.80 bits per heavy atom. The van der Waals surface area contributed by atoms with Crippen molar-refractivity contribution < 1.29 is 4.79 Å². The first-order valence-electron chi connectivity index (χ1n) is 5.71. The van der Waals surface area contributed by atoms with Crippen LogP contribution in [0.4, 0.5) is 16.2 Å². The lowest BCUT2D eigenvalue weighted by atomic mass is 10.3. The van der Waals surface area contributed by atoms with Gasteiger partial charge in [0.15, 0.2) is 0 Å². The zero-order valence-electron chi connectivity index (χ0n) is 10.1. The maximum Gasteiger partial charge on any atom is 0.323 e. The van der Waals surface area contributed by atoms with Crippen LogP contribution >= 0.6 is 15.9 Å². The molecule has 0 radical (unpaired) electrons. The fourth-order valence-electron chi connectivity index (χ4n) is 1.70. The molecule has 0 fully saturated rings.